The predicted octanol–water partition coefficient (Wildman–Crippen LogP) is 2.01. The molecule has 0 saturated heterocycles. The lowest BCUT2D eigenvalue weighted by molar-refractivity contribution is -0.145. The van der Waals surface area contributed by atoms with Gasteiger partial charge in [-0.25, -0.2) is 0 Å². The van der Waals surface area contributed by atoms with Crippen molar-refractivity contribution in [3.8, 4) is 0 Å². The molecule has 0 radical (unpaired) electrons. The SMILES string of the molecule is CC(C(=O)O)C(C)C(=O)Nc1ccc2c(c1)COC2. The van der Waals surface area contributed by atoms with Gasteiger partial charge < -0.3 is 15.2 Å². The van der Waals surface area contributed by atoms with Crippen molar-refractivity contribution >= 4 is 17.6 Å². The highest BCUT2D eigenvalue weighted by atomic mass is 16.5. The fourth-order valence-electron chi connectivity index (χ4n) is 1.95. The molecule has 1 amide bonds. The molecule has 1 aliphatic rings. The van der Waals surface area contributed by atoms with Gasteiger partial charge in [0.2, 0.25) is 5.91 Å². The Morgan fingerprint density at radius 2 is 1.89 bits per heavy atom. The van der Waals surface area contributed by atoms with Gasteiger partial charge in [-0.1, -0.05) is 19.9 Å². The molecule has 1 aliphatic heterocycles. The van der Waals surface area contributed by atoms with E-state index < -0.39 is 17.8 Å². The summed E-state index contributed by atoms with van der Waals surface area (Å²) in [5.74, 6) is -2.54. The number of carboxylic acids is 1. The van der Waals surface area contributed by atoms with E-state index in [1.54, 1.807) is 6.92 Å². The van der Waals surface area contributed by atoms with Gasteiger partial charge in [0, 0.05) is 11.6 Å². The third-order valence-corrected chi connectivity index (χ3v) is 3.54. The quantitative estimate of drug-likeness (QED) is 0.871. The van der Waals surface area contributed by atoms with Gasteiger partial charge in [-0.2, -0.15) is 0 Å². The molecular weight excluding hydrogens is 246 g/mol. The number of amides is 1. The molecule has 1 aromatic carbocycles. The zero-order valence-corrected chi connectivity index (χ0v) is 11.0. The van der Waals surface area contributed by atoms with Gasteiger partial charge in [0.1, 0.15) is 0 Å². The Balaban J connectivity index is 2.05. The summed E-state index contributed by atoms with van der Waals surface area (Å²) in [5.41, 5.74) is 2.88. The summed E-state index contributed by atoms with van der Waals surface area (Å²) in [7, 11) is 0. The molecule has 2 rings (SSSR count). The van der Waals surface area contributed by atoms with Crippen LogP contribution < -0.4 is 5.32 Å². The highest BCUT2D eigenvalue weighted by Gasteiger charge is 2.26. The summed E-state index contributed by atoms with van der Waals surface area (Å²) in [5, 5.41) is 11.6. The smallest absolute Gasteiger partial charge is 0.307 e. The van der Waals surface area contributed by atoms with Crippen molar-refractivity contribution in [3.05, 3.63) is 29.3 Å². The largest absolute Gasteiger partial charge is 0.481 e. The number of carboxylic acid groups (broad SMARTS) is 1. The molecule has 0 aromatic heterocycles. The fourth-order valence-corrected chi connectivity index (χ4v) is 1.95. The first-order valence-corrected chi connectivity index (χ1v) is 6.22. The third kappa shape index (κ3) is 2.93. The molecule has 0 aliphatic carbocycles. The van der Waals surface area contributed by atoms with Crippen LogP contribution in [-0.4, -0.2) is 17.0 Å². The van der Waals surface area contributed by atoms with Crippen molar-refractivity contribution in [2.75, 3.05) is 5.32 Å². The van der Waals surface area contributed by atoms with Crippen LogP contribution in [-0.2, 0) is 27.5 Å². The molecule has 5 nitrogen and oxygen atoms in total. The summed E-state index contributed by atoms with van der Waals surface area (Å²) in [6, 6.07) is 5.60. The van der Waals surface area contributed by atoms with Gasteiger partial charge in [0.15, 0.2) is 0 Å². The first-order chi connectivity index (χ1) is 8.99. The molecule has 19 heavy (non-hydrogen) atoms. The van der Waals surface area contributed by atoms with Crippen molar-refractivity contribution in [3.63, 3.8) is 0 Å². The standard InChI is InChI=1S/C14H17NO4/c1-8(9(2)14(17)18)13(16)15-12-4-3-10-6-19-7-11(10)5-12/h3-5,8-9H,6-7H2,1-2H3,(H,15,16)(H,17,18). The van der Waals surface area contributed by atoms with E-state index in [1.165, 1.54) is 6.92 Å². The minimum Gasteiger partial charge on any atom is -0.481 e. The number of benzene rings is 1. The topological polar surface area (TPSA) is 75.6 Å². The maximum absolute atomic E-state index is 12.0. The van der Waals surface area contributed by atoms with Crippen LogP contribution in [0.15, 0.2) is 18.2 Å². The summed E-state index contributed by atoms with van der Waals surface area (Å²) in [6.07, 6.45) is 0. The van der Waals surface area contributed by atoms with E-state index in [0.29, 0.717) is 18.9 Å². The van der Waals surface area contributed by atoms with E-state index in [1.807, 2.05) is 18.2 Å². The number of nitrogens with one attached hydrogen (secondary N) is 1. The van der Waals surface area contributed by atoms with Crippen LogP contribution in [0.5, 0.6) is 0 Å². The Kier molecular flexibility index (Phi) is 3.85. The van der Waals surface area contributed by atoms with Crippen molar-refractivity contribution in [2.24, 2.45) is 11.8 Å². The number of carbonyl (C=O) groups is 2. The first kappa shape index (κ1) is 13.5. The number of aliphatic carboxylic acids is 1. The molecule has 1 heterocycles. The lowest BCUT2D eigenvalue weighted by atomic mass is 9.95. The summed E-state index contributed by atoms with van der Waals surface area (Å²) in [4.78, 5) is 22.8. The van der Waals surface area contributed by atoms with Crippen LogP contribution in [0, 0.1) is 11.8 Å². The van der Waals surface area contributed by atoms with E-state index in [2.05, 4.69) is 5.32 Å². The highest BCUT2D eigenvalue weighted by Crippen LogP contribution is 2.24. The average Bonchev–Trinajstić information content (AvgIpc) is 2.84. The zero-order valence-electron chi connectivity index (χ0n) is 11.0. The summed E-state index contributed by atoms with van der Waals surface area (Å²) >= 11 is 0. The molecule has 0 fully saturated rings. The highest BCUT2D eigenvalue weighted by molar-refractivity contribution is 5.94. The van der Waals surface area contributed by atoms with E-state index >= 15 is 0 Å². The average molecular weight is 263 g/mol. The number of rotatable bonds is 4. The van der Waals surface area contributed by atoms with Crippen molar-refractivity contribution in [2.45, 2.75) is 27.1 Å². The lowest BCUT2D eigenvalue weighted by Crippen LogP contribution is -2.29. The Morgan fingerprint density at radius 1 is 1.21 bits per heavy atom. The second kappa shape index (κ2) is 5.40. The number of fused-ring (bicyclic) bond motifs is 1. The van der Waals surface area contributed by atoms with E-state index in [0.717, 1.165) is 11.1 Å². The van der Waals surface area contributed by atoms with Gasteiger partial charge in [-0.15, -0.1) is 0 Å². The molecule has 0 bridgehead atoms. The Hall–Kier alpha value is -1.88. The maximum Gasteiger partial charge on any atom is 0.307 e. The van der Waals surface area contributed by atoms with E-state index in [-0.39, 0.29) is 5.91 Å². The maximum atomic E-state index is 12.0. The molecule has 2 unspecified atom stereocenters. The minimum atomic E-state index is -0.968. The second-order valence-corrected chi connectivity index (χ2v) is 4.88. The molecule has 0 spiro atoms. The van der Waals surface area contributed by atoms with Crippen molar-refractivity contribution in [1.29, 1.82) is 0 Å². The third-order valence-electron chi connectivity index (χ3n) is 3.54. The lowest BCUT2D eigenvalue weighted by Gasteiger charge is -2.16. The van der Waals surface area contributed by atoms with Gasteiger partial charge in [0.25, 0.3) is 0 Å². The molecule has 5 heteroatoms. The zero-order chi connectivity index (χ0) is 14.0. The van der Waals surface area contributed by atoms with Crippen LogP contribution in [0.25, 0.3) is 0 Å². The predicted molar refractivity (Wildman–Crippen MR) is 69.5 cm³/mol. The van der Waals surface area contributed by atoms with Gasteiger partial charge in [0.05, 0.1) is 19.1 Å². The fraction of sp³-hybridized carbons (Fsp3) is 0.429. The number of hydrogen-bond donors (Lipinski definition) is 2. The molecule has 0 saturated carbocycles. The molecular formula is C14H17NO4. The number of carbonyl (C=O) groups excluding carboxylic acids is 1. The first-order valence-electron chi connectivity index (χ1n) is 6.22. The van der Waals surface area contributed by atoms with Crippen molar-refractivity contribution < 1.29 is 19.4 Å². The van der Waals surface area contributed by atoms with Crippen LogP contribution >= 0.6 is 0 Å². The number of anilines is 1. The Labute approximate surface area is 111 Å². The molecule has 2 N–H and O–H groups in total. The number of ether oxygens (including phenoxy) is 1. The molecule has 2 atom stereocenters. The Morgan fingerprint density at radius 3 is 2.58 bits per heavy atom. The van der Waals surface area contributed by atoms with Crippen molar-refractivity contribution in [1.82, 2.24) is 0 Å². The molecule has 102 valence electrons. The number of hydrogen-bond acceptors (Lipinski definition) is 3. The van der Waals surface area contributed by atoms with Crippen LogP contribution in [0.2, 0.25) is 0 Å². The summed E-state index contributed by atoms with van der Waals surface area (Å²) in [6.45, 7) is 4.31. The normalized spacial score (nSPS) is 16.5. The van der Waals surface area contributed by atoms with Gasteiger partial charge >= 0.3 is 5.97 Å². The van der Waals surface area contributed by atoms with E-state index in [9.17, 15) is 9.59 Å². The van der Waals surface area contributed by atoms with Crippen LogP contribution in [0.4, 0.5) is 5.69 Å². The molecule has 1 aromatic rings. The van der Waals surface area contributed by atoms with Crippen LogP contribution in [0.3, 0.4) is 0 Å². The van der Waals surface area contributed by atoms with Gasteiger partial charge in [-0.05, 0) is 23.3 Å². The monoisotopic (exact) mass is 263 g/mol. The van der Waals surface area contributed by atoms with Crippen LogP contribution in [0.1, 0.15) is 25.0 Å². The van der Waals surface area contributed by atoms with Gasteiger partial charge in [-0.3, -0.25) is 9.59 Å². The minimum absolute atomic E-state index is 0.284. The Bertz CT molecular complexity index is 512. The second-order valence-electron chi connectivity index (χ2n) is 4.88. The summed E-state index contributed by atoms with van der Waals surface area (Å²) < 4.78 is 5.30. The van der Waals surface area contributed by atoms with E-state index in [4.69, 9.17) is 9.84 Å².